The Hall–Kier alpha value is -7.94. The van der Waals surface area contributed by atoms with E-state index in [9.17, 15) is 0 Å². The molecule has 1 unspecified atom stereocenters. The van der Waals surface area contributed by atoms with Gasteiger partial charge in [-0.15, -0.1) is 0 Å². The quantitative estimate of drug-likeness (QED) is 0.152. The summed E-state index contributed by atoms with van der Waals surface area (Å²) in [5.74, 6) is 0. The molecule has 1 aliphatic carbocycles. The average molecular weight is 791 g/mol. The zero-order valence-corrected chi connectivity index (χ0v) is 34.2. The number of benzene rings is 9. The van der Waals surface area contributed by atoms with Crippen molar-refractivity contribution in [3.63, 3.8) is 0 Å². The van der Waals surface area contributed by atoms with E-state index in [-0.39, 0.29) is 6.04 Å². The van der Waals surface area contributed by atoms with Gasteiger partial charge in [-0.05, 0) is 111 Å². The minimum Gasteiger partial charge on any atom is -0.333 e. The molecule has 1 atom stereocenters. The monoisotopic (exact) mass is 790 g/mol. The summed E-state index contributed by atoms with van der Waals surface area (Å²) in [6.45, 7) is 0. The van der Waals surface area contributed by atoms with Gasteiger partial charge in [0, 0.05) is 38.3 Å². The average Bonchev–Trinajstić information content (AvgIpc) is 3.87. The molecule has 0 N–H and O–H groups in total. The van der Waals surface area contributed by atoms with Crippen LogP contribution in [0.25, 0.3) is 99.4 Å². The number of fused-ring (bicyclic) bond motifs is 6. The summed E-state index contributed by atoms with van der Waals surface area (Å²) in [5.41, 5.74) is 18.3. The van der Waals surface area contributed by atoms with Crippen molar-refractivity contribution in [2.24, 2.45) is 0 Å². The standard InChI is InChI=1S/C60H42N2/c1-2-13-41(14-3-1)42-25-27-43(28-26-42)46-15-12-16-47(39-46)48-33-38-51(44-29-34-49(35-30-44)61-57-21-8-4-17-52(57)53-18-5-9-22-58(53)61)56(40-48)45-31-36-50(37-32-45)62-59-23-10-6-19-54(59)55-20-7-11-24-60(55)62/h1-34,36-40,49H,35H2. The summed E-state index contributed by atoms with van der Waals surface area (Å²) in [5, 5.41) is 5.15. The van der Waals surface area contributed by atoms with E-state index >= 15 is 0 Å². The Labute approximate surface area is 361 Å². The fraction of sp³-hybridized carbons (Fsp3) is 0.0333. The minimum atomic E-state index is 0.223. The van der Waals surface area contributed by atoms with Gasteiger partial charge < -0.3 is 9.13 Å². The second-order valence-corrected chi connectivity index (χ2v) is 16.4. The molecule has 292 valence electrons. The van der Waals surface area contributed by atoms with Crippen molar-refractivity contribution in [3.8, 4) is 50.2 Å². The Morgan fingerprint density at radius 3 is 1.39 bits per heavy atom. The Kier molecular flexibility index (Phi) is 8.67. The van der Waals surface area contributed by atoms with Crippen LogP contribution in [-0.2, 0) is 0 Å². The third kappa shape index (κ3) is 6.11. The molecule has 9 aromatic carbocycles. The smallest absolute Gasteiger partial charge is 0.0560 e. The van der Waals surface area contributed by atoms with Crippen LogP contribution >= 0.6 is 0 Å². The van der Waals surface area contributed by atoms with E-state index in [0.717, 1.165) is 12.1 Å². The van der Waals surface area contributed by atoms with Crippen molar-refractivity contribution in [2.75, 3.05) is 0 Å². The number of allylic oxidation sites excluding steroid dienone is 4. The maximum Gasteiger partial charge on any atom is 0.0560 e. The molecule has 2 nitrogen and oxygen atoms in total. The molecule has 1 aliphatic rings. The van der Waals surface area contributed by atoms with Crippen molar-refractivity contribution in [3.05, 3.63) is 242 Å². The first kappa shape index (κ1) is 36.0. The minimum absolute atomic E-state index is 0.223. The van der Waals surface area contributed by atoms with Gasteiger partial charge in [0.25, 0.3) is 0 Å². The lowest BCUT2D eigenvalue weighted by Crippen LogP contribution is -2.08. The van der Waals surface area contributed by atoms with E-state index in [2.05, 4.69) is 246 Å². The van der Waals surface area contributed by atoms with Crippen LogP contribution in [0.4, 0.5) is 0 Å². The highest BCUT2D eigenvalue weighted by atomic mass is 15.0. The molecule has 2 aromatic heterocycles. The number of para-hydroxylation sites is 4. The lowest BCUT2D eigenvalue weighted by molar-refractivity contribution is 0.649. The summed E-state index contributed by atoms with van der Waals surface area (Å²) in [6, 6.07) is 80.0. The molecule has 0 aliphatic heterocycles. The first-order valence-electron chi connectivity index (χ1n) is 21.6. The van der Waals surface area contributed by atoms with Gasteiger partial charge in [-0.1, -0.05) is 188 Å². The van der Waals surface area contributed by atoms with E-state index in [4.69, 9.17) is 0 Å². The summed E-state index contributed by atoms with van der Waals surface area (Å²) in [7, 11) is 0. The summed E-state index contributed by atoms with van der Waals surface area (Å²) in [4.78, 5) is 0. The largest absolute Gasteiger partial charge is 0.333 e. The van der Waals surface area contributed by atoms with Gasteiger partial charge in [0.2, 0.25) is 0 Å². The second kappa shape index (κ2) is 15.0. The molecule has 0 amide bonds. The predicted molar refractivity (Wildman–Crippen MR) is 263 cm³/mol. The zero-order chi connectivity index (χ0) is 41.0. The highest BCUT2D eigenvalue weighted by Crippen LogP contribution is 2.41. The van der Waals surface area contributed by atoms with Gasteiger partial charge in [0.15, 0.2) is 0 Å². The van der Waals surface area contributed by atoms with Crippen LogP contribution in [0.2, 0.25) is 0 Å². The van der Waals surface area contributed by atoms with E-state index in [1.165, 1.54) is 99.3 Å². The van der Waals surface area contributed by atoms with Gasteiger partial charge in [0.05, 0.1) is 17.1 Å². The fourth-order valence-electron chi connectivity index (χ4n) is 9.88. The van der Waals surface area contributed by atoms with Crippen LogP contribution in [0, 0.1) is 0 Å². The Bertz CT molecular complexity index is 3420. The summed E-state index contributed by atoms with van der Waals surface area (Å²) < 4.78 is 4.92. The van der Waals surface area contributed by atoms with Gasteiger partial charge in [-0.2, -0.15) is 0 Å². The Morgan fingerprint density at radius 1 is 0.339 bits per heavy atom. The number of nitrogens with zero attached hydrogens (tertiary/aromatic N) is 2. The van der Waals surface area contributed by atoms with Crippen molar-refractivity contribution in [1.82, 2.24) is 9.13 Å². The van der Waals surface area contributed by atoms with Gasteiger partial charge >= 0.3 is 0 Å². The molecule has 62 heavy (non-hydrogen) atoms. The molecule has 12 rings (SSSR count). The van der Waals surface area contributed by atoms with E-state index < -0.39 is 0 Å². The fourth-order valence-corrected chi connectivity index (χ4v) is 9.88. The van der Waals surface area contributed by atoms with Crippen LogP contribution in [0.3, 0.4) is 0 Å². The second-order valence-electron chi connectivity index (χ2n) is 16.4. The molecule has 0 saturated carbocycles. The highest BCUT2D eigenvalue weighted by molar-refractivity contribution is 6.10. The number of rotatable bonds is 7. The van der Waals surface area contributed by atoms with Crippen LogP contribution < -0.4 is 0 Å². The van der Waals surface area contributed by atoms with Crippen LogP contribution in [0.15, 0.2) is 237 Å². The van der Waals surface area contributed by atoms with Gasteiger partial charge in [0.1, 0.15) is 0 Å². The maximum atomic E-state index is 2.52. The van der Waals surface area contributed by atoms with Crippen LogP contribution in [-0.4, -0.2) is 9.13 Å². The molecule has 0 fully saturated rings. The third-order valence-electron chi connectivity index (χ3n) is 12.9. The molecule has 0 radical (unpaired) electrons. The normalized spacial score (nSPS) is 13.9. The van der Waals surface area contributed by atoms with Crippen LogP contribution in [0.1, 0.15) is 18.0 Å². The lowest BCUT2D eigenvalue weighted by Gasteiger charge is -2.22. The molecule has 0 bridgehead atoms. The Balaban J connectivity index is 0.939. The van der Waals surface area contributed by atoms with E-state index in [1.54, 1.807) is 0 Å². The van der Waals surface area contributed by atoms with Crippen molar-refractivity contribution in [2.45, 2.75) is 12.5 Å². The highest BCUT2D eigenvalue weighted by Gasteiger charge is 2.20. The number of hydrogen-bond donors (Lipinski definition) is 0. The predicted octanol–water partition coefficient (Wildman–Crippen LogP) is 16.1. The van der Waals surface area contributed by atoms with Gasteiger partial charge in [-0.3, -0.25) is 0 Å². The van der Waals surface area contributed by atoms with Crippen molar-refractivity contribution < 1.29 is 0 Å². The Morgan fingerprint density at radius 2 is 0.790 bits per heavy atom. The molecule has 11 aromatic rings. The first-order valence-corrected chi connectivity index (χ1v) is 21.6. The summed E-state index contributed by atoms with van der Waals surface area (Å²) in [6.07, 6.45) is 8.11. The number of hydrogen-bond acceptors (Lipinski definition) is 0. The first-order chi connectivity index (χ1) is 30.7. The third-order valence-corrected chi connectivity index (χ3v) is 12.9. The molecular weight excluding hydrogens is 749 g/mol. The van der Waals surface area contributed by atoms with E-state index in [1.807, 2.05) is 0 Å². The lowest BCUT2D eigenvalue weighted by atomic mass is 9.88. The van der Waals surface area contributed by atoms with Crippen LogP contribution in [0.5, 0.6) is 0 Å². The van der Waals surface area contributed by atoms with E-state index in [0.29, 0.717) is 0 Å². The number of aromatic nitrogens is 2. The maximum absolute atomic E-state index is 2.52. The molecule has 0 saturated heterocycles. The molecular formula is C60H42N2. The molecule has 2 heterocycles. The molecule has 0 spiro atoms. The molecule has 2 heteroatoms. The van der Waals surface area contributed by atoms with Gasteiger partial charge in [-0.25, -0.2) is 0 Å². The van der Waals surface area contributed by atoms with Crippen molar-refractivity contribution in [1.29, 1.82) is 0 Å². The SMILES string of the molecule is C1=CC(n2c3ccccc3c3ccccc32)CC=C1c1ccc(-c2cccc(-c3ccc(-c4ccccc4)cc3)c2)cc1-c1ccc(-n2c3ccccc3c3ccccc32)cc1. The van der Waals surface area contributed by atoms with Crippen molar-refractivity contribution >= 4 is 49.2 Å². The summed E-state index contributed by atoms with van der Waals surface area (Å²) >= 11 is 0. The topological polar surface area (TPSA) is 9.86 Å². The zero-order valence-electron chi connectivity index (χ0n) is 34.2.